The summed E-state index contributed by atoms with van der Waals surface area (Å²) in [4.78, 5) is 23.8. The third kappa shape index (κ3) is 5.29. The van der Waals surface area contributed by atoms with Gasteiger partial charge in [0.25, 0.3) is 11.8 Å². The number of ether oxygens (including phenoxy) is 2. The molecule has 0 atom stereocenters. The Kier molecular flexibility index (Phi) is 6.71. The van der Waals surface area contributed by atoms with Gasteiger partial charge in [-0.3, -0.25) is 9.59 Å². The number of nitrogens with two attached hydrogens (primary N) is 1. The molecule has 3 N–H and O–H groups in total. The lowest BCUT2D eigenvalue weighted by Gasteiger charge is -2.13. The maximum absolute atomic E-state index is 14.0. The molecule has 0 saturated heterocycles. The Morgan fingerprint density at radius 3 is 2.35 bits per heavy atom. The number of rotatable bonds is 7. The van der Waals surface area contributed by atoms with Crippen molar-refractivity contribution in [2.75, 3.05) is 12.4 Å². The van der Waals surface area contributed by atoms with Crippen LogP contribution < -0.4 is 20.5 Å². The zero-order chi connectivity index (χ0) is 22.5. The number of carbonyl (C=O) groups is 2. The molecule has 0 saturated carbocycles. The molecule has 31 heavy (non-hydrogen) atoms. The largest absolute Gasteiger partial charge is 0.493 e. The number of nitrogens with one attached hydrogen (secondary N) is 1. The number of amides is 2. The monoisotopic (exact) mass is 446 g/mol. The van der Waals surface area contributed by atoms with Crippen LogP contribution in [0.15, 0.2) is 54.6 Å². The summed E-state index contributed by atoms with van der Waals surface area (Å²) in [5, 5.41) is 2.89. The van der Waals surface area contributed by atoms with Crippen molar-refractivity contribution in [3.05, 3.63) is 87.9 Å². The minimum atomic E-state index is -1.12. The Labute approximate surface area is 181 Å². The number of primary amides is 1. The SMILES string of the molecule is COc1cc(C(=O)Nc2cc(C(N)=O)c(F)cc2F)ccc1OCc1ccc(Cl)cc1. The quantitative estimate of drug-likeness (QED) is 0.556. The minimum absolute atomic E-state index is 0.125. The number of benzene rings is 3. The highest BCUT2D eigenvalue weighted by Crippen LogP contribution is 2.30. The van der Waals surface area contributed by atoms with Crippen molar-refractivity contribution in [1.29, 1.82) is 0 Å². The third-order valence-electron chi connectivity index (χ3n) is 4.30. The Balaban J connectivity index is 1.77. The Hall–Kier alpha value is -3.65. The molecule has 0 radical (unpaired) electrons. The van der Waals surface area contributed by atoms with Gasteiger partial charge in [-0.2, -0.15) is 0 Å². The highest BCUT2D eigenvalue weighted by atomic mass is 35.5. The molecule has 0 aliphatic heterocycles. The Bertz CT molecular complexity index is 1140. The number of hydrogen-bond acceptors (Lipinski definition) is 4. The third-order valence-corrected chi connectivity index (χ3v) is 4.56. The summed E-state index contributed by atoms with van der Waals surface area (Å²) in [6, 6.07) is 12.8. The fraction of sp³-hybridized carbons (Fsp3) is 0.0909. The Morgan fingerprint density at radius 1 is 1.00 bits per heavy atom. The van der Waals surface area contributed by atoms with Crippen LogP contribution in [-0.2, 0) is 6.61 Å². The van der Waals surface area contributed by atoms with Gasteiger partial charge in [0.2, 0.25) is 0 Å². The van der Waals surface area contributed by atoms with Crippen molar-refractivity contribution in [3.8, 4) is 11.5 Å². The normalized spacial score (nSPS) is 10.5. The van der Waals surface area contributed by atoms with E-state index in [9.17, 15) is 18.4 Å². The highest BCUT2D eigenvalue weighted by Gasteiger charge is 2.17. The van der Waals surface area contributed by atoms with E-state index in [2.05, 4.69) is 5.32 Å². The lowest BCUT2D eigenvalue weighted by Crippen LogP contribution is -2.17. The summed E-state index contributed by atoms with van der Waals surface area (Å²) in [6.45, 7) is 0.246. The van der Waals surface area contributed by atoms with Gasteiger partial charge in [-0.05, 0) is 42.0 Å². The second-order valence-electron chi connectivity index (χ2n) is 6.41. The summed E-state index contributed by atoms with van der Waals surface area (Å²) in [6.07, 6.45) is 0. The van der Waals surface area contributed by atoms with E-state index in [0.717, 1.165) is 11.6 Å². The molecule has 6 nitrogen and oxygen atoms in total. The van der Waals surface area contributed by atoms with Crippen LogP contribution in [0.3, 0.4) is 0 Å². The summed E-state index contributed by atoms with van der Waals surface area (Å²) in [5.41, 5.74) is 5.13. The molecule has 0 aromatic heterocycles. The fourth-order valence-corrected chi connectivity index (χ4v) is 2.82. The van der Waals surface area contributed by atoms with E-state index < -0.39 is 29.0 Å². The van der Waals surface area contributed by atoms with Gasteiger partial charge < -0.3 is 20.5 Å². The van der Waals surface area contributed by atoms with Crippen LogP contribution in [0.5, 0.6) is 11.5 Å². The van der Waals surface area contributed by atoms with Crippen LogP contribution in [0.4, 0.5) is 14.5 Å². The van der Waals surface area contributed by atoms with Gasteiger partial charge in [0, 0.05) is 16.7 Å². The first-order valence-corrected chi connectivity index (χ1v) is 9.31. The van der Waals surface area contributed by atoms with E-state index in [-0.39, 0.29) is 23.6 Å². The molecule has 0 aliphatic carbocycles. The van der Waals surface area contributed by atoms with Gasteiger partial charge >= 0.3 is 0 Å². The van der Waals surface area contributed by atoms with Crippen molar-refractivity contribution < 1.29 is 27.8 Å². The van der Waals surface area contributed by atoms with E-state index >= 15 is 0 Å². The van der Waals surface area contributed by atoms with Crippen LogP contribution in [-0.4, -0.2) is 18.9 Å². The molecule has 3 rings (SSSR count). The van der Waals surface area contributed by atoms with Crippen molar-refractivity contribution in [1.82, 2.24) is 0 Å². The number of methoxy groups -OCH3 is 1. The molecular formula is C22H17ClF2N2O4. The predicted molar refractivity (Wildman–Crippen MR) is 112 cm³/mol. The molecular weight excluding hydrogens is 430 g/mol. The molecule has 0 unspecified atom stereocenters. The van der Waals surface area contributed by atoms with E-state index in [4.69, 9.17) is 26.8 Å². The lowest BCUT2D eigenvalue weighted by atomic mass is 10.1. The van der Waals surface area contributed by atoms with Crippen LogP contribution in [0, 0.1) is 11.6 Å². The van der Waals surface area contributed by atoms with Gasteiger partial charge in [-0.25, -0.2) is 8.78 Å². The number of carbonyl (C=O) groups excluding carboxylic acids is 2. The molecule has 9 heteroatoms. The molecule has 0 bridgehead atoms. The smallest absolute Gasteiger partial charge is 0.255 e. The van der Waals surface area contributed by atoms with E-state index in [1.807, 2.05) is 12.1 Å². The van der Waals surface area contributed by atoms with Gasteiger partial charge in [0.1, 0.15) is 18.2 Å². The number of halogens is 3. The highest BCUT2D eigenvalue weighted by molar-refractivity contribution is 6.30. The number of hydrogen-bond donors (Lipinski definition) is 2. The zero-order valence-corrected chi connectivity index (χ0v) is 17.0. The molecule has 0 spiro atoms. The van der Waals surface area contributed by atoms with E-state index in [0.29, 0.717) is 16.8 Å². The lowest BCUT2D eigenvalue weighted by molar-refractivity contribution is 0.0992. The van der Waals surface area contributed by atoms with Crippen molar-refractivity contribution in [3.63, 3.8) is 0 Å². The molecule has 3 aromatic rings. The molecule has 0 aliphatic rings. The maximum Gasteiger partial charge on any atom is 0.255 e. The Morgan fingerprint density at radius 2 is 1.71 bits per heavy atom. The summed E-state index contributed by atoms with van der Waals surface area (Å²) < 4.78 is 38.6. The molecule has 0 fully saturated rings. The fourth-order valence-electron chi connectivity index (χ4n) is 2.70. The number of anilines is 1. The van der Waals surface area contributed by atoms with Crippen LogP contribution >= 0.6 is 11.6 Å². The first-order chi connectivity index (χ1) is 14.8. The summed E-state index contributed by atoms with van der Waals surface area (Å²) in [7, 11) is 1.41. The molecule has 2 amide bonds. The van der Waals surface area contributed by atoms with Crippen molar-refractivity contribution in [2.45, 2.75) is 6.61 Å². The maximum atomic E-state index is 14.0. The van der Waals surface area contributed by atoms with Crippen molar-refractivity contribution >= 4 is 29.1 Å². The molecule has 3 aromatic carbocycles. The first kappa shape index (κ1) is 22.0. The average molecular weight is 447 g/mol. The van der Waals surface area contributed by atoms with Gasteiger partial charge in [-0.1, -0.05) is 23.7 Å². The predicted octanol–water partition coefficient (Wildman–Crippen LogP) is 4.56. The average Bonchev–Trinajstić information content (AvgIpc) is 2.74. The second kappa shape index (κ2) is 9.44. The second-order valence-corrected chi connectivity index (χ2v) is 6.85. The van der Waals surface area contributed by atoms with E-state index in [1.165, 1.54) is 25.3 Å². The van der Waals surface area contributed by atoms with Gasteiger partial charge in [-0.15, -0.1) is 0 Å². The van der Waals surface area contributed by atoms with Gasteiger partial charge in [0.15, 0.2) is 11.5 Å². The standard InChI is InChI=1S/C22H17ClF2N2O4/c1-30-20-8-13(4-7-19(20)31-11-12-2-5-14(23)6-3-12)22(29)27-18-9-15(21(26)28)16(24)10-17(18)25/h2-10H,11H2,1H3,(H2,26,28)(H,27,29). The molecule has 0 heterocycles. The molecule has 160 valence electrons. The zero-order valence-electron chi connectivity index (χ0n) is 16.2. The van der Waals surface area contributed by atoms with E-state index in [1.54, 1.807) is 12.1 Å². The summed E-state index contributed by atoms with van der Waals surface area (Å²) in [5.74, 6) is -3.30. The van der Waals surface area contributed by atoms with Crippen LogP contribution in [0.25, 0.3) is 0 Å². The minimum Gasteiger partial charge on any atom is -0.493 e. The van der Waals surface area contributed by atoms with Gasteiger partial charge in [0.05, 0.1) is 18.4 Å². The van der Waals surface area contributed by atoms with Crippen LogP contribution in [0.1, 0.15) is 26.3 Å². The van der Waals surface area contributed by atoms with Crippen molar-refractivity contribution in [2.24, 2.45) is 5.73 Å². The topological polar surface area (TPSA) is 90.6 Å². The summed E-state index contributed by atoms with van der Waals surface area (Å²) >= 11 is 5.86. The first-order valence-electron chi connectivity index (χ1n) is 8.94. The van der Waals surface area contributed by atoms with Crippen LogP contribution in [0.2, 0.25) is 5.02 Å².